The molecule has 4 heteroatoms. The summed E-state index contributed by atoms with van der Waals surface area (Å²) in [6.07, 6.45) is 2.12. The van der Waals surface area contributed by atoms with Crippen LogP contribution in [0.5, 0.6) is 0 Å². The molecule has 1 aliphatic rings. The van der Waals surface area contributed by atoms with Crippen molar-refractivity contribution in [2.75, 3.05) is 6.61 Å². The van der Waals surface area contributed by atoms with E-state index in [1.54, 1.807) is 0 Å². The minimum absolute atomic E-state index is 0.0558. The van der Waals surface area contributed by atoms with Gasteiger partial charge in [0.15, 0.2) is 0 Å². The summed E-state index contributed by atoms with van der Waals surface area (Å²) in [6, 6.07) is 7.53. The SMILES string of the molecule is O=C(O)Cc1ccc(CNC2(CO)CC2)cc1. The fourth-order valence-electron chi connectivity index (χ4n) is 1.78. The van der Waals surface area contributed by atoms with Gasteiger partial charge in [0.25, 0.3) is 0 Å². The van der Waals surface area contributed by atoms with E-state index in [1.165, 1.54) is 0 Å². The van der Waals surface area contributed by atoms with Crippen LogP contribution in [-0.2, 0) is 17.8 Å². The molecule has 17 heavy (non-hydrogen) atoms. The van der Waals surface area contributed by atoms with Crippen LogP contribution in [0.3, 0.4) is 0 Å². The maximum Gasteiger partial charge on any atom is 0.307 e. The van der Waals surface area contributed by atoms with Gasteiger partial charge in [0.2, 0.25) is 0 Å². The second-order valence-corrected chi connectivity index (χ2v) is 4.68. The average Bonchev–Trinajstić information content (AvgIpc) is 3.08. The maximum atomic E-state index is 10.5. The Morgan fingerprint density at radius 1 is 1.24 bits per heavy atom. The lowest BCUT2D eigenvalue weighted by Crippen LogP contribution is -2.34. The van der Waals surface area contributed by atoms with E-state index >= 15 is 0 Å². The summed E-state index contributed by atoms with van der Waals surface area (Å²) in [5.74, 6) is -0.812. The van der Waals surface area contributed by atoms with Crippen LogP contribution in [0.25, 0.3) is 0 Å². The zero-order valence-electron chi connectivity index (χ0n) is 9.65. The molecule has 0 amide bonds. The van der Waals surface area contributed by atoms with E-state index in [9.17, 15) is 4.79 Å². The fourth-order valence-corrected chi connectivity index (χ4v) is 1.78. The number of benzene rings is 1. The highest BCUT2D eigenvalue weighted by atomic mass is 16.4. The summed E-state index contributed by atoms with van der Waals surface area (Å²) in [6.45, 7) is 0.901. The van der Waals surface area contributed by atoms with Gasteiger partial charge in [-0.1, -0.05) is 24.3 Å². The second kappa shape index (κ2) is 4.85. The van der Waals surface area contributed by atoms with Crippen molar-refractivity contribution < 1.29 is 15.0 Å². The van der Waals surface area contributed by atoms with Gasteiger partial charge in [0.1, 0.15) is 0 Å². The molecule has 2 rings (SSSR count). The molecule has 1 fully saturated rings. The van der Waals surface area contributed by atoms with Crippen molar-refractivity contribution in [2.45, 2.75) is 31.3 Å². The highest BCUT2D eigenvalue weighted by Gasteiger charge is 2.41. The highest BCUT2D eigenvalue weighted by molar-refractivity contribution is 5.70. The van der Waals surface area contributed by atoms with Crippen molar-refractivity contribution in [1.29, 1.82) is 0 Å². The van der Waals surface area contributed by atoms with E-state index in [1.807, 2.05) is 24.3 Å². The van der Waals surface area contributed by atoms with Crippen LogP contribution in [0.4, 0.5) is 0 Å². The van der Waals surface area contributed by atoms with E-state index in [2.05, 4.69) is 5.32 Å². The highest BCUT2D eigenvalue weighted by Crippen LogP contribution is 2.34. The molecule has 0 aromatic heterocycles. The van der Waals surface area contributed by atoms with Crippen molar-refractivity contribution >= 4 is 5.97 Å². The van der Waals surface area contributed by atoms with Crippen molar-refractivity contribution in [3.05, 3.63) is 35.4 Å². The predicted molar refractivity (Wildman–Crippen MR) is 63.7 cm³/mol. The Balaban J connectivity index is 1.87. The van der Waals surface area contributed by atoms with Gasteiger partial charge in [-0.3, -0.25) is 4.79 Å². The van der Waals surface area contributed by atoms with Gasteiger partial charge in [-0.2, -0.15) is 0 Å². The lowest BCUT2D eigenvalue weighted by Gasteiger charge is -2.14. The van der Waals surface area contributed by atoms with Crippen molar-refractivity contribution in [3.8, 4) is 0 Å². The third-order valence-electron chi connectivity index (χ3n) is 3.20. The lowest BCUT2D eigenvalue weighted by molar-refractivity contribution is -0.136. The zero-order valence-corrected chi connectivity index (χ0v) is 9.65. The monoisotopic (exact) mass is 235 g/mol. The normalized spacial score (nSPS) is 16.8. The van der Waals surface area contributed by atoms with E-state index < -0.39 is 5.97 Å². The Hall–Kier alpha value is -1.39. The van der Waals surface area contributed by atoms with Gasteiger partial charge in [-0.25, -0.2) is 0 Å². The molecule has 0 unspecified atom stereocenters. The molecule has 4 nitrogen and oxygen atoms in total. The van der Waals surface area contributed by atoms with Gasteiger partial charge in [0, 0.05) is 12.1 Å². The Labute approximate surface area is 100 Å². The van der Waals surface area contributed by atoms with Gasteiger partial charge < -0.3 is 15.5 Å². The smallest absolute Gasteiger partial charge is 0.307 e. The van der Waals surface area contributed by atoms with Crippen LogP contribution < -0.4 is 5.32 Å². The number of carboxylic acid groups (broad SMARTS) is 1. The molecule has 0 saturated heterocycles. The molecule has 0 aliphatic heterocycles. The summed E-state index contributed by atoms with van der Waals surface area (Å²) in [4.78, 5) is 10.5. The van der Waals surface area contributed by atoms with Crippen LogP contribution in [-0.4, -0.2) is 28.3 Å². The van der Waals surface area contributed by atoms with Gasteiger partial charge in [-0.15, -0.1) is 0 Å². The number of aliphatic hydroxyl groups excluding tert-OH is 1. The molecular formula is C13H17NO3. The van der Waals surface area contributed by atoms with Gasteiger partial charge in [-0.05, 0) is 24.0 Å². The predicted octanol–water partition coefficient (Wildman–Crippen LogP) is 0.928. The molecule has 1 aliphatic carbocycles. The number of rotatable bonds is 6. The van der Waals surface area contributed by atoms with E-state index in [-0.39, 0.29) is 18.6 Å². The van der Waals surface area contributed by atoms with Crippen molar-refractivity contribution in [3.63, 3.8) is 0 Å². The number of aliphatic hydroxyl groups is 1. The number of hydrogen-bond donors (Lipinski definition) is 3. The summed E-state index contributed by atoms with van der Waals surface area (Å²) < 4.78 is 0. The van der Waals surface area contributed by atoms with E-state index in [0.29, 0.717) is 6.54 Å². The van der Waals surface area contributed by atoms with Crippen LogP contribution in [0.2, 0.25) is 0 Å². The van der Waals surface area contributed by atoms with Crippen LogP contribution >= 0.6 is 0 Å². The number of aliphatic carboxylic acids is 1. The summed E-state index contributed by atoms with van der Waals surface area (Å²) in [7, 11) is 0. The molecule has 0 radical (unpaired) electrons. The van der Waals surface area contributed by atoms with E-state index in [4.69, 9.17) is 10.2 Å². The molecule has 92 valence electrons. The molecule has 1 saturated carbocycles. The average molecular weight is 235 g/mol. The van der Waals surface area contributed by atoms with Gasteiger partial charge >= 0.3 is 5.97 Å². The first-order valence-electron chi connectivity index (χ1n) is 5.79. The molecule has 0 bridgehead atoms. The molecule has 0 atom stereocenters. The lowest BCUT2D eigenvalue weighted by atomic mass is 10.1. The van der Waals surface area contributed by atoms with Gasteiger partial charge in [0.05, 0.1) is 13.0 Å². The van der Waals surface area contributed by atoms with Crippen molar-refractivity contribution in [2.24, 2.45) is 0 Å². The summed E-state index contributed by atoms with van der Waals surface area (Å²) in [5.41, 5.74) is 1.86. The zero-order chi connectivity index (χ0) is 12.3. The Bertz CT molecular complexity index is 396. The van der Waals surface area contributed by atoms with Crippen LogP contribution in [0.15, 0.2) is 24.3 Å². The number of carbonyl (C=O) groups is 1. The summed E-state index contributed by atoms with van der Waals surface area (Å²) in [5, 5.41) is 21.1. The maximum absolute atomic E-state index is 10.5. The molecule has 3 N–H and O–H groups in total. The first-order valence-corrected chi connectivity index (χ1v) is 5.79. The Kier molecular flexibility index (Phi) is 3.45. The quantitative estimate of drug-likeness (QED) is 0.686. The molecular weight excluding hydrogens is 218 g/mol. The van der Waals surface area contributed by atoms with Crippen LogP contribution in [0, 0.1) is 0 Å². The largest absolute Gasteiger partial charge is 0.481 e. The molecule has 1 aromatic carbocycles. The van der Waals surface area contributed by atoms with Crippen molar-refractivity contribution in [1.82, 2.24) is 5.32 Å². The minimum Gasteiger partial charge on any atom is -0.481 e. The summed E-state index contributed by atoms with van der Waals surface area (Å²) >= 11 is 0. The number of carboxylic acids is 1. The fraction of sp³-hybridized carbons (Fsp3) is 0.462. The standard InChI is InChI=1S/C13H17NO3/c15-9-13(5-6-13)14-8-11-3-1-10(2-4-11)7-12(16)17/h1-4,14-15H,5-9H2,(H,16,17). The third-order valence-corrected chi connectivity index (χ3v) is 3.20. The second-order valence-electron chi connectivity index (χ2n) is 4.68. The third kappa shape index (κ3) is 3.28. The first-order chi connectivity index (χ1) is 8.13. The topological polar surface area (TPSA) is 69.6 Å². The first kappa shape index (κ1) is 12.1. The molecule has 1 aromatic rings. The van der Waals surface area contributed by atoms with Crippen LogP contribution in [0.1, 0.15) is 24.0 Å². The number of hydrogen-bond acceptors (Lipinski definition) is 3. The molecule has 0 heterocycles. The number of nitrogens with one attached hydrogen (secondary N) is 1. The Morgan fingerprint density at radius 3 is 2.29 bits per heavy atom. The molecule has 0 spiro atoms. The minimum atomic E-state index is -0.812. The Morgan fingerprint density at radius 2 is 1.82 bits per heavy atom. The van der Waals surface area contributed by atoms with E-state index in [0.717, 1.165) is 24.0 Å².